The summed E-state index contributed by atoms with van der Waals surface area (Å²) >= 11 is 0. The van der Waals surface area contributed by atoms with Crippen LogP contribution in [0.5, 0.6) is 0 Å². The van der Waals surface area contributed by atoms with Crippen LogP contribution in [-0.2, 0) is 29.3 Å². The number of hydrogen-bond donors (Lipinski definition) is 2. The van der Waals surface area contributed by atoms with Crippen LogP contribution in [-0.4, -0.2) is 18.4 Å². The topological polar surface area (TPSA) is 41.5 Å². The van der Waals surface area contributed by atoms with Gasteiger partial charge >= 0.3 is 12.4 Å². The summed E-state index contributed by atoms with van der Waals surface area (Å²) in [5.41, 5.74) is -4.26. The maximum Gasteiger partial charge on any atom is 0.416 e. The lowest BCUT2D eigenvalue weighted by atomic mass is 9.94. The predicted molar refractivity (Wildman–Crippen MR) is 90.1 cm³/mol. The van der Waals surface area contributed by atoms with Gasteiger partial charge in [0, 0.05) is 0 Å². The lowest BCUT2D eigenvalue weighted by Gasteiger charge is -2.33. The van der Waals surface area contributed by atoms with Crippen LogP contribution < -0.4 is 5.32 Å². The van der Waals surface area contributed by atoms with E-state index in [9.17, 15) is 31.4 Å². The molecule has 3 nitrogen and oxygen atoms in total. The van der Waals surface area contributed by atoms with Gasteiger partial charge in [0.15, 0.2) is 0 Å². The Morgan fingerprint density at radius 3 is 1.82 bits per heavy atom. The van der Waals surface area contributed by atoms with E-state index in [2.05, 4.69) is 5.32 Å². The number of benzene rings is 2. The third-order valence-corrected chi connectivity index (χ3v) is 4.20. The zero-order valence-corrected chi connectivity index (χ0v) is 15.0. The van der Waals surface area contributed by atoms with Crippen LogP contribution in [0, 0.1) is 0 Å². The second-order valence-corrected chi connectivity index (χ2v) is 6.41. The fourth-order valence-electron chi connectivity index (χ4n) is 2.74. The summed E-state index contributed by atoms with van der Waals surface area (Å²) in [6, 6.07) is 9.59. The molecule has 2 unspecified atom stereocenters. The van der Waals surface area contributed by atoms with Crippen molar-refractivity contribution in [1.29, 1.82) is 0 Å². The van der Waals surface area contributed by atoms with Gasteiger partial charge in [-0.1, -0.05) is 30.3 Å². The SMILES string of the molecule is CNC(OCc1cc(C(F)(F)F)cc(C(F)(F)F)c1)C(C)(O)c1ccccc1. The molecule has 9 heteroatoms. The molecule has 0 fully saturated rings. The molecular formula is C19H19F6NO2. The van der Waals surface area contributed by atoms with Gasteiger partial charge < -0.3 is 9.84 Å². The average molecular weight is 407 g/mol. The van der Waals surface area contributed by atoms with Crippen LogP contribution in [0.2, 0.25) is 0 Å². The van der Waals surface area contributed by atoms with Gasteiger partial charge in [-0.3, -0.25) is 5.32 Å². The first-order valence-corrected chi connectivity index (χ1v) is 8.21. The van der Waals surface area contributed by atoms with Crippen molar-refractivity contribution in [2.45, 2.75) is 37.7 Å². The van der Waals surface area contributed by atoms with E-state index in [1.165, 1.54) is 14.0 Å². The van der Waals surface area contributed by atoms with E-state index in [-0.39, 0.29) is 11.6 Å². The largest absolute Gasteiger partial charge is 0.416 e. The molecule has 0 spiro atoms. The Hall–Kier alpha value is -2.10. The van der Waals surface area contributed by atoms with Crippen molar-refractivity contribution in [3.8, 4) is 0 Å². The zero-order chi connectivity index (χ0) is 21.2. The summed E-state index contributed by atoms with van der Waals surface area (Å²) in [6.07, 6.45) is -11.0. The molecular weight excluding hydrogens is 388 g/mol. The number of rotatable bonds is 6. The van der Waals surface area contributed by atoms with Crippen molar-refractivity contribution in [2.75, 3.05) is 7.05 Å². The van der Waals surface area contributed by atoms with Crippen molar-refractivity contribution >= 4 is 0 Å². The third-order valence-electron chi connectivity index (χ3n) is 4.20. The number of likely N-dealkylation sites (N-methyl/N-ethyl adjacent to an activating group) is 1. The Morgan fingerprint density at radius 1 is 0.893 bits per heavy atom. The molecule has 0 radical (unpaired) electrons. The van der Waals surface area contributed by atoms with Gasteiger partial charge in [-0.25, -0.2) is 0 Å². The first kappa shape index (κ1) is 22.2. The Morgan fingerprint density at radius 2 is 1.39 bits per heavy atom. The molecule has 0 bridgehead atoms. The summed E-state index contributed by atoms with van der Waals surface area (Å²) in [4.78, 5) is 0. The highest BCUT2D eigenvalue weighted by molar-refractivity contribution is 5.33. The summed E-state index contributed by atoms with van der Waals surface area (Å²) in [5.74, 6) is 0. The van der Waals surface area contributed by atoms with Crippen molar-refractivity contribution in [2.24, 2.45) is 0 Å². The molecule has 2 atom stereocenters. The molecule has 0 saturated carbocycles. The zero-order valence-electron chi connectivity index (χ0n) is 15.0. The smallest absolute Gasteiger partial charge is 0.381 e. The van der Waals surface area contributed by atoms with E-state index in [0.29, 0.717) is 17.7 Å². The molecule has 2 rings (SSSR count). The minimum Gasteiger partial charge on any atom is -0.381 e. The van der Waals surface area contributed by atoms with E-state index in [0.717, 1.165) is 0 Å². The fraction of sp³-hybridized carbons (Fsp3) is 0.368. The normalized spacial score (nSPS) is 15.9. The minimum atomic E-state index is -4.94. The molecule has 0 amide bonds. The van der Waals surface area contributed by atoms with Gasteiger partial charge in [0.25, 0.3) is 0 Å². The third kappa shape index (κ3) is 5.24. The molecule has 154 valence electrons. The van der Waals surface area contributed by atoms with Crippen LogP contribution in [0.15, 0.2) is 48.5 Å². The molecule has 2 aromatic carbocycles. The predicted octanol–water partition coefficient (Wildman–Crippen LogP) is 4.69. The first-order valence-electron chi connectivity index (χ1n) is 8.21. The number of alkyl halides is 6. The van der Waals surface area contributed by atoms with Crippen LogP contribution in [0.3, 0.4) is 0 Å². The fourth-order valence-corrected chi connectivity index (χ4v) is 2.74. The molecule has 0 heterocycles. The quantitative estimate of drug-likeness (QED) is 0.539. The van der Waals surface area contributed by atoms with Crippen molar-refractivity contribution in [3.05, 3.63) is 70.8 Å². The summed E-state index contributed by atoms with van der Waals surface area (Å²) in [7, 11) is 1.45. The molecule has 0 aliphatic heterocycles. The molecule has 0 aliphatic carbocycles. The van der Waals surface area contributed by atoms with E-state index in [4.69, 9.17) is 4.74 Å². The molecule has 2 aromatic rings. The number of hydrogen-bond acceptors (Lipinski definition) is 3. The van der Waals surface area contributed by atoms with E-state index in [1.54, 1.807) is 30.3 Å². The standard InChI is InChI=1S/C19H19F6NO2/c1-17(27,13-6-4-3-5-7-13)16(26-2)28-11-12-8-14(18(20,21)22)10-15(9-12)19(23,24)25/h3-10,16,26-27H,11H2,1-2H3. The van der Waals surface area contributed by atoms with Crippen molar-refractivity contribution in [3.63, 3.8) is 0 Å². The highest BCUT2D eigenvalue weighted by Gasteiger charge is 2.37. The first-order chi connectivity index (χ1) is 12.9. The Balaban J connectivity index is 2.29. The number of nitrogens with one attached hydrogen (secondary N) is 1. The van der Waals surface area contributed by atoms with Gasteiger partial charge in [0.1, 0.15) is 11.8 Å². The second kappa shape index (κ2) is 8.10. The van der Waals surface area contributed by atoms with Gasteiger partial charge in [-0.2, -0.15) is 26.3 Å². The van der Waals surface area contributed by atoms with Crippen LogP contribution >= 0.6 is 0 Å². The minimum absolute atomic E-state index is 0.0547. The van der Waals surface area contributed by atoms with Crippen LogP contribution in [0.4, 0.5) is 26.3 Å². The Kier molecular flexibility index (Phi) is 6.42. The lowest BCUT2D eigenvalue weighted by molar-refractivity contribution is -0.143. The van der Waals surface area contributed by atoms with Crippen LogP contribution in [0.25, 0.3) is 0 Å². The second-order valence-electron chi connectivity index (χ2n) is 6.41. The summed E-state index contributed by atoms with van der Waals surface area (Å²) in [5, 5.41) is 13.4. The number of aliphatic hydroxyl groups is 1. The van der Waals surface area contributed by atoms with E-state index < -0.39 is 41.9 Å². The summed E-state index contributed by atoms with van der Waals surface area (Å²) < 4.78 is 83.1. The number of halogens is 6. The maximum absolute atomic E-state index is 13.0. The Labute approximate surface area is 157 Å². The molecule has 28 heavy (non-hydrogen) atoms. The highest BCUT2D eigenvalue weighted by atomic mass is 19.4. The molecule has 2 N–H and O–H groups in total. The van der Waals surface area contributed by atoms with Crippen molar-refractivity contribution in [1.82, 2.24) is 5.32 Å². The van der Waals surface area contributed by atoms with E-state index >= 15 is 0 Å². The molecule has 0 aliphatic rings. The molecule has 0 saturated heterocycles. The maximum atomic E-state index is 13.0. The average Bonchev–Trinajstić information content (AvgIpc) is 2.61. The summed E-state index contributed by atoms with van der Waals surface area (Å²) in [6.45, 7) is 0.859. The van der Waals surface area contributed by atoms with Crippen LogP contribution in [0.1, 0.15) is 29.2 Å². The van der Waals surface area contributed by atoms with E-state index in [1.807, 2.05) is 0 Å². The van der Waals surface area contributed by atoms with Gasteiger partial charge in [0.05, 0.1) is 17.7 Å². The van der Waals surface area contributed by atoms with Gasteiger partial charge in [-0.05, 0) is 43.3 Å². The number of ether oxygens (including phenoxy) is 1. The Bertz CT molecular complexity index is 755. The highest BCUT2D eigenvalue weighted by Crippen LogP contribution is 2.36. The van der Waals surface area contributed by atoms with Gasteiger partial charge in [-0.15, -0.1) is 0 Å². The molecule has 0 aromatic heterocycles. The van der Waals surface area contributed by atoms with Gasteiger partial charge in [0.2, 0.25) is 0 Å². The van der Waals surface area contributed by atoms with Crippen molar-refractivity contribution < 1.29 is 36.2 Å². The lowest BCUT2D eigenvalue weighted by Crippen LogP contribution is -2.47. The monoisotopic (exact) mass is 407 g/mol.